The molecule has 3 aromatic heterocycles. The van der Waals surface area contributed by atoms with E-state index in [0.29, 0.717) is 50.0 Å². The second-order valence-electron chi connectivity index (χ2n) is 9.18. The fourth-order valence-corrected chi connectivity index (χ4v) is 4.18. The number of benzene rings is 2. The monoisotopic (exact) mass is 583 g/mol. The summed E-state index contributed by atoms with van der Waals surface area (Å²) in [4.78, 5) is 0. The lowest BCUT2D eigenvalue weighted by Gasteiger charge is -2.13. The third kappa shape index (κ3) is 8.41. The number of aromatic nitrogens is 6. The maximum atomic E-state index is 12.8. The summed E-state index contributed by atoms with van der Waals surface area (Å²) in [6.07, 6.45) is 4.76. The largest absolute Gasteiger partial charge is 0.573 e. The minimum atomic E-state index is -4.81. The Labute approximate surface area is 238 Å². The van der Waals surface area contributed by atoms with Gasteiger partial charge >= 0.3 is 6.36 Å². The summed E-state index contributed by atoms with van der Waals surface area (Å²) in [5.74, 6) is 0.920. The first-order chi connectivity index (χ1) is 20.4. The van der Waals surface area contributed by atoms with Gasteiger partial charge < -0.3 is 24.3 Å². The van der Waals surface area contributed by atoms with Crippen LogP contribution in [0.15, 0.2) is 67.4 Å². The molecule has 0 amide bonds. The van der Waals surface area contributed by atoms with E-state index in [4.69, 9.17) is 14.2 Å². The second-order valence-corrected chi connectivity index (χ2v) is 9.18. The van der Waals surface area contributed by atoms with Crippen molar-refractivity contribution in [1.82, 2.24) is 35.9 Å². The van der Waals surface area contributed by atoms with Gasteiger partial charge in [-0.1, -0.05) is 0 Å². The van der Waals surface area contributed by atoms with E-state index < -0.39 is 6.36 Å². The van der Waals surface area contributed by atoms with E-state index in [0.717, 1.165) is 34.9 Å². The highest BCUT2D eigenvalue weighted by molar-refractivity contribution is 5.89. The Balaban J connectivity index is 1.02. The van der Waals surface area contributed by atoms with Gasteiger partial charge in [0.15, 0.2) is 5.75 Å². The lowest BCUT2D eigenvalue weighted by Crippen LogP contribution is -2.18. The summed E-state index contributed by atoms with van der Waals surface area (Å²) >= 11 is 0. The van der Waals surface area contributed by atoms with Gasteiger partial charge in [-0.3, -0.25) is 10.2 Å². The molecular weight excluding hydrogens is 555 g/mol. The third-order valence-corrected chi connectivity index (χ3v) is 6.03. The van der Waals surface area contributed by atoms with Gasteiger partial charge in [-0.15, -0.1) is 13.2 Å². The quantitative estimate of drug-likeness (QED) is 0.139. The lowest BCUT2D eigenvalue weighted by atomic mass is 10.1. The number of unbranched alkanes of at least 4 members (excludes halogenated alkanes) is 1. The summed E-state index contributed by atoms with van der Waals surface area (Å²) in [5, 5.41) is 25.3. The molecule has 0 saturated carbocycles. The average molecular weight is 584 g/mol. The number of rotatable bonds is 15. The van der Waals surface area contributed by atoms with Crippen LogP contribution in [-0.2, 0) is 11.3 Å². The third-order valence-electron chi connectivity index (χ3n) is 6.03. The van der Waals surface area contributed by atoms with Crippen LogP contribution in [0.1, 0.15) is 18.4 Å². The van der Waals surface area contributed by atoms with E-state index >= 15 is 0 Å². The summed E-state index contributed by atoms with van der Waals surface area (Å²) in [6, 6.07) is 9.95. The number of ether oxygens (including phenoxy) is 4. The number of alkyl halides is 3. The molecular formula is C28H28F3N7O4. The Morgan fingerprint density at radius 3 is 2.55 bits per heavy atom. The van der Waals surface area contributed by atoms with Crippen LogP contribution in [0.4, 0.5) is 13.2 Å². The fourth-order valence-electron chi connectivity index (χ4n) is 4.18. The van der Waals surface area contributed by atoms with Crippen LogP contribution in [0.25, 0.3) is 22.0 Å². The zero-order chi connectivity index (χ0) is 29.2. The van der Waals surface area contributed by atoms with Gasteiger partial charge in [0.25, 0.3) is 0 Å². The molecule has 0 bridgehead atoms. The van der Waals surface area contributed by atoms with Gasteiger partial charge in [0.1, 0.15) is 23.9 Å². The number of H-pyrrole nitrogens is 2. The van der Waals surface area contributed by atoms with Crippen molar-refractivity contribution in [3.8, 4) is 34.1 Å². The van der Waals surface area contributed by atoms with E-state index in [1.54, 1.807) is 24.7 Å². The predicted octanol–water partition coefficient (Wildman–Crippen LogP) is 5.40. The highest BCUT2D eigenvalue weighted by Crippen LogP contribution is 2.32. The van der Waals surface area contributed by atoms with Gasteiger partial charge in [0, 0.05) is 24.8 Å². The van der Waals surface area contributed by atoms with E-state index in [9.17, 15) is 13.2 Å². The Hall–Kier alpha value is -4.69. The van der Waals surface area contributed by atoms with Gasteiger partial charge in [-0.25, -0.2) is 0 Å². The molecule has 3 heterocycles. The highest BCUT2D eigenvalue weighted by Gasteiger charge is 2.31. The number of halogens is 3. The van der Waals surface area contributed by atoms with Gasteiger partial charge in [0.2, 0.25) is 0 Å². The van der Waals surface area contributed by atoms with Crippen LogP contribution in [0, 0.1) is 0 Å². The molecule has 42 heavy (non-hydrogen) atoms. The molecule has 0 unspecified atom stereocenters. The molecule has 5 rings (SSSR count). The maximum absolute atomic E-state index is 12.8. The zero-order valence-electron chi connectivity index (χ0n) is 22.4. The molecule has 0 radical (unpaired) electrons. The molecule has 11 nitrogen and oxygen atoms in total. The highest BCUT2D eigenvalue weighted by atomic mass is 19.4. The maximum Gasteiger partial charge on any atom is 0.573 e. The van der Waals surface area contributed by atoms with Crippen molar-refractivity contribution in [2.45, 2.75) is 25.7 Å². The first-order valence-corrected chi connectivity index (χ1v) is 13.1. The van der Waals surface area contributed by atoms with Gasteiger partial charge in [0.05, 0.1) is 48.5 Å². The van der Waals surface area contributed by atoms with E-state index in [1.807, 2.05) is 18.2 Å². The molecule has 0 aliphatic carbocycles. The average Bonchev–Trinajstić information content (AvgIpc) is 3.66. The molecule has 3 N–H and O–H groups in total. The molecule has 0 spiro atoms. The minimum Gasteiger partial charge on any atom is -0.490 e. The van der Waals surface area contributed by atoms with Crippen molar-refractivity contribution >= 4 is 10.9 Å². The molecule has 0 fully saturated rings. The smallest absolute Gasteiger partial charge is 0.490 e. The second kappa shape index (κ2) is 13.8. The van der Waals surface area contributed by atoms with Crippen LogP contribution in [-0.4, -0.2) is 63.3 Å². The molecule has 0 saturated heterocycles. The first-order valence-electron chi connectivity index (χ1n) is 13.1. The molecule has 2 aromatic carbocycles. The molecule has 0 atom stereocenters. The molecule has 5 aromatic rings. The normalized spacial score (nSPS) is 11.6. The number of fused-ring (bicyclic) bond motifs is 1. The Morgan fingerprint density at radius 2 is 1.74 bits per heavy atom. The minimum absolute atomic E-state index is 0.208. The summed E-state index contributed by atoms with van der Waals surface area (Å²) < 4.78 is 59.7. The van der Waals surface area contributed by atoms with E-state index in [-0.39, 0.29) is 11.5 Å². The van der Waals surface area contributed by atoms with Crippen LogP contribution >= 0.6 is 0 Å². The Kier molecular flexibility index (Phi) is 9.46. The number of nitrogens with one attached hydrogen (secondary N) is 3. The van der Waals surface area contributed by atoms with Gasteiger partial charge in [-0.05, 0) is 60.8 Å². The van der Waals surface area contributed by atoms with Gasteiger partial charge in [-0.2, -0.15) is 20.4 Å². The Bertz CT molecular complexity index is 1550. The number of hydrogen-bond donors (Lipinski definition) is 3. The molecule has 0 aliphatic rings. The van der Waals surface area contributed by atoms with Crippen molar-refractivity contribution in [2.24, 2.45) is 0 Å². The first kappa shape index (κ1) is 28.8. The van der Waals surface area contributed by atoms with Crippen molar-refractivity contribution < 1.29 is 32.1 Å². The SMILES string of the molecule is FC(F)(F)Oc1cc(CNCCCCOCCOc2cc(-c3ccnnc3)cc3[nH]ncc23)cc(Oc2cn[nH]c2)c1. The van der Waals surface area contributed by atoms with E-state index in [2.05, 4.69) is 40.6 Å². The predicted molar refractivity (Wildman–Crippen MR) is 146 cm³/mol. The topological polar surface area (TPSA) is 132 Å². The van der Waals surface area contributed by atoms with E-state index in [1.165, 1.54) is 24.5 Å². The summed E-state index contributed by atoms with van der Waals surface area (Å²) in [5.41, 5.74) is 3.29. The van der Waals surface area contributed by atoms with Crippen molar-refractivity contribution in [3.05, 3.63) is 72.9 Å². The van der Waals surface area contributed by atoms with Crippen LogP contribution in [0.3, 0.4) is 0 Å². The van der Waals surface area contributed by atoms with Crippen LogP contribution in [0.5, 0.6) is 23.0 Å². The van der Waals surface area contributed by atoms with Crippen molar-refractivity contribution in [2.75, 3.05) is 26.4 Å². The van der Waals surface area contributed by atoms with Crippen molar-refractivity contribution in [3.63, 3.8) is 0 Å². The number of aromatic amines is 2. The molecule has 14 heteroatoms. The number of nitrogens with zero attached hydrogens (tertiary/aromatic N) is 4. The Morgan fingerprint density at radius 1 is 0.833 bits per heavy atom. The zero-order valence-corrected chi connectivity index (χ0v) is 22.4. The standard InChI is InChI=1S/C28H28F3N7O4/c29-28(30,31)42-23-10-19(9-22(13-23)41-24-16-35-36-17-24)14-32-4-1-2-6-39-7-8-40-27-12-21(20-3-5-33-34-15-20)11-26-25(27)18-37-38-26/h3,5,9-13,15-18,32H,1-2,4,6-8,14H2,(H,35,36)(H,37,38). The lowest BCUT2D eigenvalue weighted by molar-refractivity contribution is -0.274. The van der Waals surface area contributed by atoms with Crippen LogP contribution < -0.4 is 19.5 Å². The summed E-state index contributed by atoms with van der Waals surface area (Å²) in [7, 11) is 0. The van der Waals surface area contributed by atoms with Crippen LogP contribution in [0.2, 0.25) is 0 Å². The molecule has 0 aliphatic heterocycles. The number of hydrogen-bond acceptors (Lipinski definition) is 9. The summed E-state index contributed by atoms with van der Waals surface area (Å²) in [6.45, 7) is 2.32. The molecule has 220 valence electrons. The fraction of sp³-hybridized carbons (Fsp3) is 0.286. The van der Waals surface area contributed by atoms with Crippen molar-refractivity contribution in [1.29, 1.82) is 0 Å².